The van der Waals surface area contributed by atoms with Gasteiger partial charge in [0, 0.05) is 43.0 Å². The summed E-state index contributed by atoms with van der Waals surface area (Å²) in [5, 5.41) is 5.34. The number of thiocarbonyl (C=S) groups is 1. The average molecular weight is 517 g/mol. The predicted octanol–water partition coefficient (Wildman–Crippen LogP) is 5.34. The Morgan fingerprint density at radius 2 is 1.91 bits per heavy atom. The number of ether oxygens (including phenoxy) is 1. The molecule has 2 aromatic heterocycles. The minimum atomic E-state index is -0.119. The lowest BCUT2D eigenvalue weighted by molar-refractivity contribution is 0.0365. The van der Waals surface area contributed by atoms with Crippen LogP contribution >= 0.6 is 35.4 Å². The Morgan fingerprint density at radius 1 is 1.06 bits per heavy atom. The zero-order chi connectivity index (χ0) is 23.5. The number of rotatable bonds is 7. The summed E-state index contributed by atoms with van der Waals surface area (Å²) in [5.74, 6) is 1.51. The first-order chi connectivity index (χ1) is 16.6. The van der Waals surface area contributed by atoms with Crippen molar-refractivity contribution in [2.45, 2.75) is 18.5 Å². The Morgan fingerprint density at radius 3 is 2.68 bits per heavy atom. The van der Waals surface area contributed by atoms with E-state index in [2.05, 4.69) is 20.1 Å². The summed E-state index contributed by atoms with van der Waals surface area (Å²) in [7, 11) is 0. The molecular weight excluding hydrogens is 491 g/mol. The van der Waals surface area contributed by atoms with Crippen LogP contribution in [0.4, 0.5) is 0 Å². The van der Waals surface area contributed by atoms with E-state index < -0.39 is 0 Å². The van der Waals surface area contributed by atoms with Gasteiger partial charge in [0.25, 0.3) is 0 Å². The summed E-state index contributed by atoms with van der Waals surface area (Å²) in [4.78, 5) is 9.26. The molecule has 2 atom stereocenters. The van der Waals surface area contributed by atoms with E-state index in [9.17, 15) is 0 Å². The molecule has 9 heteroatoms. The molecular formula is C25H26Cl2N4O2S. The third-order valence-electron chi connectivity index (χ3n) is 6.29. The lowest BCUT2D eigenvalue weighted by Gasteiger charge is -2.29. The van der Waals surface area contributed by atoms with E-state index in [1.807, 2.05) is 42.5 Å². The number of pyridine rings is 1. The van der Waals surface area contributed by atoms with Crippen LogP contribution in [-0.4, -0.2) is 59.3 Å². The average Bonchev–Trinajstić information content (AvgIpc) is 3.45. The highest BCUT2D eigenvalue weighted by atomic mass is 35.5. The summed E-state index contributed by atoms with van der Waals surface area (Å²) >= 11 is 18.3. The lowest BCUT2D eigenvalue weighted by atomic mass is 10.0. The SMILES string of the molecule is S=C1N[C@@H](c2ccccn2)[C@@H](c2ccc(-c3ccc(Cl)cc3Cl)o2)N1CCCN1CCOCC1. The minimum Gasteiger partial charge on any atom is -0.459 e. The second kappa shape index (κ2) is 10.6. The largest absolute Gasteiger partial charge is 0.459 e. The molecule has 0 unspecified atom stereocenters. The van der Waals surface area contributed by atoms with Crippen LogP contribution in [0.25, 0.3) is 11.3 Å². The molecule has 6 nitrogen and oxygen atoms in total. The van der Waals surface area contributed by atoms with E-state index in [1.165, 1.54) is 0 Å². The van der Waals surface area contributed by atoms with Crippen molar-refractivity contribution >= 4 is 40.5 Å². The van der Waals surface area contributed by atoms with Crippen molar-refractivity contribution in [1.82, 2.24) is 20.1 Å². The highest BCUT2D eigenvalue weighted by molar-refractivity contribution is 7.80. The summed E-state index contributed by atoms with van der Waals surface area (Å²) < 4.78 is 11.8. The molecule has 2 aliphatic heterocycles. The number of hydrogen-bond acceptors (Lipinski definition) is 5. The molecule has 0 amide bonds. The highest BCUT2D eigenvalue weighted by Gasteiger charge is 2.41. The van der Waals surface area contributed by atoms with Gasteiger partial charge in [0.1, 0.15) is 17.6 Å². The molecule has 34 heavy (non-hydrogen) atoms. The first-order valence-electron chi connectivity index (χ1n) is 11.4. The van der Waals surface area contributed by atoms with Gasteiger partial charge in [-0.2, -0.15) is 0 Å². The molecule has 2 fully saturated rings. The number of benzene rings is 1. The van der Waals surface area contributed by atoms with Gasteiger partial charge in [-0.25, -0.2) is 0 Å². The molecule has 0 spiro atoms. The van der Waals surface area contributed by atoms with E-state index in [4.69, 9.17) is 44.6 Å². The Hall–Kier alpha value is -2.16. The fraction of sp³-hybridized carbons (Fsp3) is 0.360. The second-order valence-corrected chi connectivity index (χ2v) is 9.68. The molecule has 4 heterocycles. The van der Waals surface area contributed by atoms with Gasteiger partial charge in [0.15, 0.2) is 5.11 Å². The van der Waals surface area contributed by atoms with Gasteiger partial charge in [-0.15, -0.1) is 0 Å². The van der Waals surface area contributed by atoms with Crippen molar-refractivity contribution < 1.29 is 9.15 Å². The van der Waals surface area contributed by atoms with Gasteiger partial charge in [0.2, 0.25) is 0 Å². The number of furan rings is 1. The standard InChI is InChI=1S/C25H26Cl2N4O2S/c26-17-5-6-18(19(27)16-17)21-7-8-22(33-21)24-23(20-4-1-2-9-28-20)29-25(34)31(24)11-3-10-30-12-14-32-15-13-30/h1-2,4-9,16,23-24H,3,10-15H2,(H,29,34)/t23-,24+/m0/s1. The quantitative estimate of drug-likeness (QED) is 0.425. The first kappa shape index (κ1) is 23.6. The molecule has 3 aromatic rings. The van der Waals surface area contributed by atoms with E-state index in [0.29, 0.717) is 20.9 Å². The molecule has 0 aliphatic carbocycles. The summed E-state index contributed by atoms with van der Waals surface area (Å²) in [6, 6.07) is 15.1. The van der Waals surface area contributed by atoms with Crippen molar-refractivity contribution in [2.24, 2.45) is 0 Å². The number of nitrogens with one attached hydrogen (secondary N) is 1. The topological polar surface area (TPSA) is 53.8 Å². The van der Waals surface area contributed by atoms with Crippen molar-refractivity contribution in [2.75, 3.05) is 39.4 Å². The molecule has 0 radical (unpaired) electrons. The van der Waals surface area contributed by atoms with Crippen LogP contribution in [0.15, 0.2) is 59.1 Å². The van der Waals surface area contributed by atoms with Gasteiger partial charge in [-0.05, 0) is 61.1 Å². The summed E-state index contributed by atoms with van der Waals surface area (Å²) in [6.07, 6.45) is 2.79. The van der Waals surface area contributed by atoms with Crippen molar-refractivity contribution in [3.05, 3.63) is 76.2 Å². The van der Waals surface area contributed by atoms with Crippen LogP contribution in [0.5, 0.6) is 0 Å². The first-order valence-corrected chi connectivity index (χ1v) is 12.6. The monoisotopic (exact) mass is 516 g/mol. The molecule has 2 saturated heterocycles. The van der Waals surface area contributed by atoms with Gasteiger partial charge in [0.05, 0.1) is 30.0 Å². The number of nitrogens with zero attached hydrogens (tertiary/aromatic N) is 3. The number of morpholine rings is 1. The fourth-order valence-electron chi connectivity index (χ4n) is 4.59. The molecule has 1 aromatic carbocycles. The van der Waals surface area contributed by atoms with E-state index >= 15 is 0 Å². The maximum Gasteiger partial charge on any atom is 0.170 e. The lowest BCUT2D eigenvalue weighted by Crippen LogP contribution is -2.38. The molecule has 5 rings (SSSR count). The fourth-order valence-corrected chi connectivity index (χ4v) is 5.42. The zero-order valence-corrected chi connectivity index (χ0v) is 21.0. The van der Waals surface area contributed by atoms with Crippen LogP contribution in [-0.2, 0) is 4.74 Å². The maximum atomic E-state index is 6.44. The summed E-state index contributed by atoms with van der Waals surface area (Å²) in [6.45, 7) is 5.38. The van der Waals surface area contributed by atoms with Crippen molar-refractivity contribution in [3.63, 3.8) is 0 Å². The van der Waals surface area contributed by atoms with Gasteiger partial charge >= 0.3 is 0 Å². The third kappa shape index (κ3) is 5.09. The highest BCUT2D eigenvalue weighted by Crippen LogP contribution is 2.41. The van der Waals surface area contributed by atoms with Gasteiger partial charge < -0.3 is 19.4 Å². The van der Waals surface area contributed by atoms with Gasteiger partial charge in [-0.3, -0.25) is 9.88 Å². The molecule has 178 valence electrons. The second-order valence-electron chi connectivity index (χ2n) is 8.45. The van der Waals surface area contributed by atoms with Crippen molar-refractivity contribution in [3.8, 4) is 11.3 Å². The van der Waals surface area contributed by atoms with Crippen LogP contribution in [0.2, 0.25) is 10.0 Å². The molecule has 0 bridgehead atoms. The Bertz CT molecular complexity index is 1140. The Balaban J connectivity index is 1.41. The minimum absolute atomic E-state index is 0.114. The van der Waals surface area contributed by atoms with E-state index in [-0.39, 0.29) is 12.1 Å². The van der Waals surface area contributed by atoms with Crippen LogP contribution in [0, 0.1) is 0 Å². The predicted molar refractivity (Wildman–Crippen MR) is 138 cm³/mol. The Kier molecular flexibility index (Phi) is 7.37. The zero-order valence-electron chi connectivity index (χ0n) is 18.6. The van der Waals surface area contributed by atoms with Crippen molar-refractivity contribution in [1.29, 1.82) is 0 Å². The number of halogens is 2. The molecule has 0 saturated carbocycles. The number of hydrogen-bond donors (Lipinski definition) is 1. The maximum absolute atomic E-state index is 6.44. The molecule has 1 N–H and O–H groups in total. The van der Waals surface area contributed by atoms with E-state index in [0.717, 1.165) is 62.8 Å². The van der Waals surface area contributed by atoms with Gasteiger partial charge in [-0.1, -0.05) is 29.3 Å². The smallest absolute Gasteiger partial charge is 0.170 e. The molecule has 2 aliphatic rings. The third-order valence-corrected chi connectivity index (χ3v) is 7.19. The Labute approximate surface area is 214 Å². The summed E-state index contributed by atoms with van der Waals surface area (Å²) in [5.41, 5.74) is 1.73. The number of aromatic nitrogens is 1. The van der Waals surface area contributed by atoms with Crippen LogP contribution in [0.3, 0.4) is 0 Å². The van der Waals surface area contributed by atoms with Crippen LogP contribution in [0.1, 0.15) is 30.0 Å². The normalized spacial score (nSPS) is 21.1. The van der Waals surface area contributed by atoms with E-state index in [1.54, 1.807) is 12.3 Å². The van der Waals surface area contributed by atoms with Crippen LogP contribution < -0.4 is 5.32 Å².